The van der Waals surface area contributed by atoms with E-state index in [9.17, 15) is 9.00 Å². The van der Waals surface area contributed by atoms with E-state index in [4.69, 9.17) is 0 Å². The van der Waals surface area contributed by atoms with Crippen molar-refractivity contribution < 1.29 is 13.7 Å². The van der Waals surface area contributed by atoms with Crippen molar-refractivity contribution in [3.8, 4) is 0 Å². The normalized spacial score (nSPS) is 12.2. The molecule has 0 spiro atoms. The molecule has 0 aliphatic carbocycles. The van der Waals surface area contributed by atoms with E-state index in [2.05, 4.69) is 4.74 Å². The molecule has 0 radical (unpaired) electrons. The number of benzene rings is 1. The fourth-order valence-corrected chi connectivity index (χ4v) is 1.73. The van der Waals surface area contributed by atoms with Crippen LogP contribution in [-0.2, 0) is 15.5 Å². The molecule has 1 aromatic carbocycles. The first kappa shape index (κ1) is 9.92. The van der Waals surface area contributed by atoms with Gasteiger partial charge >= 0.3 is 5.97 Å². The first-order valence-electron chi connectivity index (χ1n) is 3.67. The summed E-state index contributed by atoms with van der Waals surface area (Å²) in [6.07, 6.45) is 1.53. The van der Waals surface area contributed by atoms with Crippen LogP contribution in [0.25, 0.3) is 0 Å². The molecular formula is C9H10O3S. The molecular weight excluding hydrogens is 188 g/mol. The van der Waals surface area contributed by atoms with Gasteiger partial charge in [0.2, 0.25) is 0 Å². The molecule has 0 aliphatic rings. The van der Waals surface area contributed by atoms with Crippen LogP contribution in [0.15, 0.2) is 29.2 Å². The summed E-state index contributed by atoms with van der Waals surface area (Å²) in [5.41, 5.74) is 0.367. The average Bonchev–Trinajstić information content (AvgIpc) is 2.16. The molecule has 0 fully saturated rings. The highest BCUT2D eigenvalue weighted by molar-refractivity contribution is 7.84. The van der Waals surface area contributed by atoms with Crippen molar-refractivity contribution in [1.29, 1.82) is 0 Å². The first-order valence-corrected chi connectivity index (χ1v) is 5.23. The van der Waals surface area contributed by atoms with Gasteiger partial charge in [0.15, 0.2) is 0 Å². The molecule has 0 bridgehead atoms. The van der Waals surface area contributed by atoms with Gasteiger partial charge in [-0.2, -0.15) is 0 Å². The molecule has 13 heavy (non-hydrogen) atoms. The molecule has 70 valence electrons. The molecule has 1 rings (SSSR count). The molecule has 0 aromatic heterocycles. The lowest BCUT2D eigenvalue weighted by Crippen LogP contribution is -2.05. The lowest BCUT2D eigenvalue weighted by molar-refractivity contribution is 0.0596. The Hall–Kier alpha value is -1.16. The Labute approximate surface area is 79.2 Å². The molecule has 0 saturated heterocycles. The van der Waals surface area contributed by atoms with E-state index >= 15 is 0 Å². The third-order valence-electron chi connectivity index (χ3n) is 1.60. The zero-order chi connectivity index (χ0) is 9.84. The van der Waals surface area contributed by atoms with Crippen LogP contribution in [0.5, 0.6) is 0 Å². The number of hydrogen-bond acceptors (Lipinski definition) is 3. The highest BCUT2D eigenvalue weighted by atomic mass is 32.2. The third-order valence-corrected chi connectivity index (χ3v) is 2.58. The SMILES string of the molecule is COC(=O)c1ccccc1[S@@](C)=O. The van der Waals surface area contributed by atoms with Crippen LogP contribution in [-0.4, -0.2) is 23.5 Å². The number of esters is 1. The minimum absolute atomic E-state index is 0.367. The number of carbonyl (C=O) groups is 1. The molecule has 3 nitrogen and oxygen atoms in total. The van der Waals surface area contributed by atoms with Crippen LogP contribution in [0, 0.1) is 0 Å². The van der Waals surface area contributed by atoms with E-state index in [0.29, 0.717) is 10.5 Å². The highest BCUT2D eigenvalue weighted by Crippen LogP contribution is 2.12. The quantitative estimate of drug-likeness (QED) is 0.671. The molecule has 0 aliphatic heterocycles. The number of hydrogen-bond donors (Lipinski definition) is 0. The second kappa shape index (κ2) is 4.18. The van der Waals surface area contributed by atoms with Crippen molar-refractivity contribution in [3.05, 3.63) is 29.8 Å². The van der Waals surface area contributed by atoms with Gasteiger partial charge < -0.3 is 4.74 Å². The summed E-state index contributed by atoms with van der Waals surface area (Å²) in [5, 5.41) is 0. The summed E-state index contributed by atoms with van der Waals surface area (Å²) < 4.78 is 15.7. The molecule has 0 N–H and O–H groups in total. The molecule has 1 atom stereocenters. The van der Waals surface area contributed by atoms with Gasteiger partial charge in [0.05, 0.1) is 28.4 Å². The maximum atomic E-state index is 11.2. The summed E-state index contributed by atoms with van der Waals surface area (Å²) in [5.74, 6) is -0.453. The molecule has 0 saturated carbocycles. The number of ether oxygens (including phenoxy) is 1. The zero-order valence-electron chi connectivity index (χ0n) is 7.44. The van der Waals surface area contributed by atoms with Crippen LogP contribution in [0.1, 0.15) is 10.4 Å². The smallest absolute Gasteiger partial charge is 0.339 e. The summed E-state index contributed by atoms with van der Waals surface area (Å²) >= 11 is 0. The monoisotopic (exact) mass is 198 g/mol. The molecule has 4 heteroatoms. The van der Waals surface area contributed by atoms with Crippen molar-refractivity contribution in [3.63, 3.8) is 0 Å². The molecule has 0 unspecified atom stereocenters. The van der Waals surface area contributed by atoms with Crippen LogP contribution in [0.3, 0.4) is 0 Å². The van der Waals surface area contributed by atoms with Crippen molar-refractivity contribution >= 4 is 16.8 Å². The Morgan fingerprint density at radius 2 is 2.00 bits per heavy atom. The van der Waals surface area contributed by atoms with Gasteiger partial charge in [-0.3, -0.25) is 4.21 Å². The predicted molar refractivity (Wildman–Crippen MR) is 50.1 cm³/mol. The summed E-state index contributed by atoms with van der Waals surface area (Å²) in [6.45, 7) is 0. The predicted octanol–water partition coefficient (Wildman–Crippen LogP) is 1.21. The fraction of sp³-hybridized carbons (Fsp3) is 0.222. The van der Waals surface area contributed by atoms with Crippen LogP contribution < -0.4 is 0 Å². The van der Waals surface area contributed by atoms with Gasteiger partial charge in [0.25, 0.3) is 0 Å². The second-order valence-corrected chi connectivity index (χ2v) is 3.79. The maximum absolute atomic E-state index is 11.2. The zero-order valence-corrected chi connectivity index (χ0v) is 8.26. The standard InChI is InChI=1S/C9H10O3S/c1-12-9(10)7-5-3-4-6-8(7)13(2)11/h3-6H,1-2H3/t13-/m1/s1. The van der Waals surface area contributed by atoms with Crippen molar-refractivity contribution in [2.75, 3.05) is 13.4 Å². The lowest BCUT2D eigenvalue weighted by Gasteiger charge is -2.03. The Morgan fingerprint density at radius 1 is 1.38 bits per heavy atom. The number of carbonyl (C=O) groups excluding carboxylic acids is 1. The maximum Gasteiger partial charge on any atom is 0.339 e. The van der Waals surface area contributed by atoms with E-state index in [1.54, 1.807) is 24.3 Å². The molecule has 0 heterocycles. The average molecular weight is 198 g/mol. The van der Waals surface area contributed by atoms with Gasteiger partial charge in [-0.05, 0) is 12.1 Å². The van der Waals surface area contributed by atoms with E-state index in [0.717, 1.165) is 0 Å². The second-order valence-electron chi connectivity index (χ2n) is 2.44. The summed E-state index contributed by atoms with van der Waals surface area (Å²) in [4.78, 5) is 11.7. The minimum atomic E-state index is -1.16. The third kappa shape index (κ3) is 2.15. The summed E-state index contributed by atoms with van der Waals surface area (Å²) in [6, 6.07) is 6.71. The Bertz CT molecular complexity index is 346. The molecule has 0 amide bonds. The minimum Gasteiger partial charge on any atom is -0.465 e. The fourth-order valence-electron chi connectivity index (χ4n) is 0.996. The topological polar surface area (TPSA) is 43.4 Å². The highest BCUT2D eigenvalue weighted by Gasteiger charge is 2.12. The van der Waals surface area contributed by atoms with Gasteiger partial charge in [-0.15, -0.1) is 0 Å². The largest absolute Gasteiger partial charge is 0.465 e. The van der Waals surface area contributed by atoms with Crippen molar-refractivity contribution in [2.24, 2.45) is 0 Å². The first-order chi connectivity index (χ1) is 6.16. The van der Waals surface area contributed by atoms with Gasteiger partial charge in [0, 0.05) is 6.26 Å². The van der Waals surface area contributed by atoms with Crippen LogP contribution in [0.2, 0.25) is 0 Å². The number of rotatable bonds is 2. The van der Waals surface area contributed by atoms with Crippen LogP contribution in [0.4, 0.5) is 0 Å². The van der Waals surface area contributed by atoms with Crippen LogP contribution >= 0.6 is 0 Å². The molecule has 1 aromatic rings. The van der Waals surface area contributed by atoms with Crippen molar-refractivity contribution in [2.45, 2.75) is 4.90 Å². The Morgan fingerprint density at radius 3 is 2.54 bits per heavy atom. The van der Waals surface area contributed by atoms with E-state index in [1.807, 2.05) is 0 Å². The van der Waals surface area contributed by atoms with Crippen molar-refractivity contribution in [1.82, 2.24) is 0 Å². The number of methoxy groups -OCH3 is 1. The van der Waals surface area contributed by atoms with E-state index in [1.165, 1.54) is 13.4 Å². The lowest BCUT2D eigenvalue weighted by atomic mass is 10.2. The van der Waals surface area contributed by atoms with Gasteiger partial charge in [0.1, 0.15) is 0 Å². The Kier molecular flexibility index (Phi) is 3.19. The van der Waals surface area contributed by atoms with E-state index < -0.39 is 16.8 Å². The Balaban J connectivity index is 3.19. The summed E-state index contributed by atoms with van der Waals surface area (Å²) in [7, 11) is 0.140. The van der Waals surface area contributed by atoms with E-state index in [-0.39, 0.29) is 0 Å². The van der Waals surface area contributed by atoms with Gasteiger partial charge in [-0.25, -0.2) is 4.79 Å². The van der Waals surface area contributed by atoms with Gasteiger partial charge in [-0.1, -0.05) is 12.1 Å².